The Bertz CT molecular complexity index is 858. The molecule has 1 atom stereocenters. The second-order valence-electron chi connectivity index (χ2n) is 5.89. The molecule has 0 aliphatic heterocycles. The summed E-state index contributed by atoms with van der Waals surface area (Å²) in [4.78, 5) is 12.5. The van der Waals surface area contributed by atoms with Crippen molar-refractivity contribution in [3.05, 3.63) is 59.8 Å². The van der Waals surface area contributed by atoms with Crippen LogP contribution in [0.15, 0.2) is 52.5 Å². The molecule has 3 rings (SSSR count). The summed E-state index contributed by atoms with van der Waals surface area (Å²) >= 11 is 1.37. The van der Waals surface area contributed by atoms with Gasteiger partial charge in [0, 0.05) is 5.69 Å². The number of carbonyl (C=O) groups excluding carboxylic acids is 1. The monoisotopic (exact) mass is 356 g/mol. The van der Waals surface area contributed by atoms with Crippen LogP contribution in [-0.4, -0.2) is 25.9 Å². The van der Waals surface area contributed by atoms with Gasteiger partial charge in [-0.1, -0.05) is 29.5 Å². The summed E-state index contributed by atoms with van der Waals surface area (Å²) in [6.45, 7) is 6.41. The molecule has 0 saturated heterocycles. The van der Waals surface area contributed by atoms with Crippen molar-refractivity contribution in [1.82, 2.24) is 14.8 Å². The maximum Gasteiger partial charge on any atom is 0.237 e. The molecule has 0 aliphatic carbocycles. The van der Waals surface area contributed by atoms with Gasteiger partial charge in [0.1, 0.15) is 12.1 Å². The zero-order chi connectivity index (χ0) is 17.8. The lowest BCUT2D eigenvalue weighted by molar-refractivity contribution is -0.115. The van der Waals surface area contributed by atoms with Crippen LogP contribution >= 0.6 is 11.8 Å². The molecule has 0 bridgehead atoms. The van der Waals surface area contributed by atoms with Crippen molar-refractivity contribution in [2.24, 2.45) is 0 Å². The van der Waals surface area contributed by atoms with Crippen molar-refractivity contribution in [1.29, 1.82) is 0 Å². The van der Waals surface area contributed by atoms with Crippen LogP contribution in [0.4, 0.5) is 5.69 Å². The van der Waals surface area contributed by atoms with Crippen molar-refractivity contribution in [3.63, 3.8) is 0 Å². The van der Waals surface area contributed by atoms with E-state index >= 15 is 0 Å². The number of nitrogens with zero attached hydrogens (tertiary/aromatic N) is 3. The molecule has 0 radical (unpaired) electrons. The molecule has 2 aromatic heterocycles. The highest BCUT2D eigenvalue weighted by Gasteiger charge is 2.19. The van der Waals surface area contributed by atoms with Crippen molar-refractivity contribution in [2.45, 2.75) is 37.7 Å². The zero-order valence-electron chi connectivity index (χ0n) is 14.4. The first-order valence-corrected chi connectivity index (χ1v) is 8.86. The number of nitrogens with one attached hydrogen (secondary N) is 1. The van der Waals surface area contributed by atoms with Crippen LogP contribution in [0.3, 0.4) is 0 Å². The predicted molar refractivity (Wildman–Crippen MR) is 97.7 cm³/mol. The molecule has 3 aromatic rings. The molecule has 0 spiro atoms. The Kier molecular flexibility index (Phi) is 5.23. The number of carbonyl (C=O) groups is 1. The van der Waals surface area contributed by atoms with Gasteiger partial charge in [0.2, 0.25) is 5.91 Å². The Morgan fingerprint density at radius 3 is 2.92 bits per heavy atom. The van der Waals surface area contributed by atoms with Gasteiger partial charge in [-0.05, 0) is 44.5 Å². The summed E-state index contributed by atoms with van der Waals surface area (Å²) in [5, 5.41) is 11.4. The molecule has 1 amide bonds. The van der Waals surface area contributed by atoms with E-state index in [1.165, 1.54) is 17.3 Å². The van der Waals surface area contributed by atoms with Gasteiger partial charge in [-0.2, -0.15) is 0 Å². The summed E-state index contributed by atoms with van der Waals surface area (Å²) in [6.07, 6.45) is 3.27. The number of aromatic nitrogens is 3. The highest BCUT2D eigenvalue weighted by atomic mass is 32.2. The molecule has 0 fully saturated rings. The smallest absolute Gasteiger partial charge is 0.237 e. The Morgan fingerprint density at radius 2 is 2.20 bits per heavy atom. The van der Waals surface area contributed by atoms with E-state index in [0.717, 1.165) is 17.0 Å². The maximum absolute atomic E-state index is 12.5. The van der Waals surface area contributed by atoms with Crippen molar-refractivity contribution in [3.8, 4) is 0 Å². The van der Waals surface area contributed by atoms with Crippen LogP contribution in [0.1, 0.15) is 23.8 Å². The number of aryl methyl sites for hydroxylation is 2. The first-order valence-electron chi connectivity index (χ1n) is 7.98. The van der Waals surface area contributed by atoms with E-state index in [1.807, 2.05) is 55.7 Å². The van der Waals surface area contributed by atoms with E-state index < -0.39 is 0 Å². The van der Waals surface area contributed by atoms with E-state index in [2.05, 4.69) is 15.5 Å². The second kappa shape index (κ2) is 7.57. The molecule has 6 nitrogen and oxygen atoms in total. The quantitative estimate of drug-likeness (QED) is 0.683. The number of anilines is 1. The number of thioether (sulfide) groups is 1. The minimum Gasteiger partial charge on any atom is -0.467 e. The Morgan fingerprint density at radius 1 is 1.36 bits per heavy atom. The van der Waals surface area contributed by atoms with Gasteiger partial charge < -0.3 is 14.3 Å². The normalized spacial score (nSPS) is 12.1. The van der Waals surface area contributed by atoms with Gasteiger partial charge in [0.25, 0.3) is 0 Å². The van der Waals surface area contributed by atoms with Crippen LogP contribution in [-0.2, 0) is 11.3 Å². The fraction of sp³-hybridized carbons (Fsp3) is 0.278. The van der Waals surface area contributed by atoms with E-state index in [4.69, 9.17) is 4.42 Å². The van der Waals surface area contributed by atoms with Crippen LogP contribution < -0.4 is 5.32 Å². The Hall–Kier alpha value is -2.54. The Balaban J connectivity index is 1.65. The number of benzene rings is 1. The van der Waals surface area contributed by atoms with Gasteiger partial charge in [-0.15, -0.1) is 10.2 Å². The molecule has 1 aromatic carbocycles. The molecular weight excluding hydrogens is 336 g/mol. The van der Waals surface area contributed by atoms with E-state index in [0.29, 0.717) is 11.7 Å². The molecule has 7 heteroatoms. The minimum absolute atomic E-state index is 0.0653. The standard InChI is InChI=1S/C18H20N4O2S/c1-12-6-7-16(13(2)9-12)20-17(23)14(3)25-18-21-19-11-22(18)10-15-5-4-8-24-15/h4-9,11,14H,10H2,1-3H3,(H,20,23). The van der Waals surface area contributed by atoms with Crippen LogP contribution in [0.2, 0.25) is 0 Å². The number of hydrogen-bond donors (Lipinski definition) is 1. The van der Waals surface area contributed by atoms with Crippen molar-refractivity contribution >= 4 is 23.4 Å². The van der Waals surface area contributed by atoms with Gasteiger partial charge in [0.15, 0.2) is 5.16 Å². The van der Waals surface area contributed by atoms with E-state index in [1.54, 1.807) is 12.6 Å². The maximum atomic E-state index is 12.5. The third kappa shape index (κ3) is 4.30. The van der Waals surface area contributed by atoms with Crippen LogP contribution in [0.5, 0.6) is 0 Å². The third-order valence-electron chi connectivity index (χ3n) is 3.78. The van der Waals surface area contributed by atoms with E-state index in [9.17, 15) is 4.79 Å². The van der Waals surface area contributed by atoms with Crippen LogP contribution in [0.25, 0.3) is 0 Å². The summed E-state index contributed by atoms with van der Waals surface area (Å²) in [5.74, 6) is 0.749. The number of hydrogen-bond acceptors (Lipinski definition) is 5. The SMILES string of the molecule is Cc1ccc(NC(=O)C(C)Sc2nncn2Cc2ccco2)c(C)c1. The highest BCUT2D eigenvalue weighted by Crippen LogP contribution is 2.24. The lowest BCUT2D eigenvalue weighted by Gasteiger charge is -2.14. The molecule has 1 unspecified atom stereocenters. The third-order valence-corrected chi connectivity index (χ3v) is 4.87. The van der Waals surface area contributed by atoms with Gasteiger partial charge >= 0.3 is 0 Å². The average Bonchev–Trinajstić information content (AvgIpc) is 3.23. The number of rotatable bonds is 6. The molecule has 0 aliphatic rings. The summed E-state index contributed by atoms with van der Waals surface area (Å²) in [7, 11) is 0. The molecule has 130 valence electrons. The van der Waals surface area contributed by atoms with E-state index in [-0.39, 0.29) is 11.2 Å². The first kappa shape index (κ1) is 17.3. The number of furan rings is 1. The van der Waals surface area contributed by atoms with Gasteiger partial charge in [-0.3, -0.25) is 4.79 Å². The molecule has 2 heterocycles. The summed E-state index contributed by atoms with van der Waals surface area (Å²) in [5.41, 5.74) is 3.05. The zero-order valence-corrected chi connectivity index (χ0v) is 15.2. The van der Waals surface area contributed by atoms with Crippen LogP contribution in [0, 0.1) is 13.8 Å². The first-order chi connectivity index (χ1) is 12.0. The predicted octanol–water partition coefficient (Wildman–Crippen LogP) is 3.66. The fourth-order valence-electron chi connectivity index (χ4n) is 2.41. The highest BCUT2D eigenvalue weighted by molar-refractivity contribution is 8.00. The van der Waals surface area contributed by atoms with Crippen molar-refractivity contribution < 1.29 is 9.21 Å². The van der Waals surface area contributed by atoms with Gasteiger partial charge in [0.05, 0.1) is 18.1 Å². The Labute approximate surface area is 150 Å². The van der Waals surface area contributed by atoms with Gasteiger partial charge in [-0.25, -0.2) is 0 Å². The minimum atomic E-state index is -0.305. The van der Waals surface area contributed by atoms with Crippen molar-refractivity contribution in [2.75, 3.05) is 5.32 Å². The lowest BCUT2D eigenvalue weighted by Crippen LogP contribution is -2.23. The lowest BCUT2D eigenvalue weighted by atomic mass is 10.1. The summed E-state index contributed by atoms with van der Waals surface area (Å²) in [6, 6.07) is 9.70. The second-order valence-corrected chi connectivity index (χ2v) is 7.20. The fourth-order valence-corrected chi connectivity index (χ4v) is 3.24. The molecule has 0 saturated carbocycles. The molecule has 1 N–H and O–H groups in total. The molecule has 25 heavy (non-hydrogen) atoms. The molecular formula is C18H20N4O2S. The number of amides is 1. The summed E-state index contributed by atoms with van der Waals surface area (Å²) < 4.78 is 7.22. The largest absolute Gasteiger partial charge is 0.467 e. The topological polar surface area (TPSA) is 73.0 Å². The average molecular weight is 356 g/mol.